The van der Waals surface area contributed by atoms with Crippen molar-refractivity contribution in [3.05, 3.63) is 35.9 Å². The maximum Gasteiger partial charge on any atom is 0.307 e. The van der Waals surface area contributed by atoms with Crippen LogP contribution < -0.4 is 0 Å². The van der Waals surface area contributed by atoms with E-state index in [2.05, 4.69) is 42.5 Å². The van der Waals surface area contributed by atoms with Crippen molar-refractivity contribution in [3.63, 3.8) is 0 Å². The molecule has 2 aliphatic rings. The number of esters is 2. The molecule has 202 valence electrons. The van der Waals surface area contributed by atoms with Gasteiger partial charge in [0.05, 0.1) is 6.54 Å². The number of halogens is 2. The second-order valence-electron chi connectivity index (χ2n) is 9.88. The van der Waals surface area contributed by atoms with E-state index in [-0.39, 0.29) is 42.7 Å². The first-order valence-electron chi connectivity index (χ1n) is 12.7. The molecular weight excluding hydrogens is 499 g/mol. The lowest BCUT2D eigenvalue weighted by Gasteiger charge is -2.45. The number of hydrogen-bond acceptors (Lipinski definition) is 6. The maximum absolute atomic E-state index is 12.2. The number of carbonyl (C=O) groups excluding carboxylic acids is 2. The van der Waals surface area contributed by atoms with E-state index in [0.717, 1.165) is 38.0 Å². The first-order valence-corrected chi connectivity index (χ1v) is 12.7. The molecule has 0 radical (unpaired) electrons. The summed E-state index contributed by atoms with van der Waals surface area (Å²) < 4.78 is 12.0. The molecule has 0 aliphatic carbocycles. The van der Waals surface area contributed by atoms with Crippen molar-refractivity contribution in [2.75, 3.05) is 33.2 Å². The van der Waals surface area contributed by atoms with Crippen LogP contribution in [-0.4, -0.2) is 66.6 Å². The van der Waals surface area contributed by atoms with E-state index < -0.39 is 11.2 Å². The fraction of sp³-hybridized carbons (Fsp3) is 0.643. The van der Waals surface area contributed by atoms with Gasteiger partial charge in [0.1, 0.15) is 5.60 Å². The molecule has 3 rings (SSSR count). The smallest absolute Gasteiger partial charge is 0.307 e. The van der Waals surface area contributed by atoms with Crippen molar-refractivity contribution in [3.8, 4) is 11.8 Å². The highest BCUT2D eigenvalue weighted by Crippen LogP contribution is 2.37. The number of rotatable bonds is 6. The summed E-state index contributed by atoms with van der Waals surface area (Å²) in [5.74, 6) is 6.53. The van der Waals surface area contributed by atoms with E-state index in [1.807, 2.05) is 44.2 Å². The topological polar surface area (TPSA) is 59.1 Å². The Kier molecular flexibility index (Phi) is 12.8. The Hall–Kier alpha value is -1.78. The fourth-order valence-corrected chi connectivity index (χ4v) is 5.03. The van der Waals surface area contributed by atoms with Crippen LogP contribution in [0.15, 0.2) is 30.3 Å². The van der Waals surface area contributed by atoms with Crippen LogP contribution in [0.3, 0.4) is 0 Å². The predicted molar refractivity (Wildman–Crippen MR) is 147 cm³/mol. The number of hydrogen-bond donors (Lipinski definition) is 0. The van der Waals surface area contributed by atoms with Crippen molar-refractivity contribution in [1.82, 2.24) is 9.80 Å². The molecular formula is C28H42Cl2N2O4. The minimum atomic E-state index is -0.737. The average Bonchev–Trinajstić information content (AvgIpc) is 2.84. The van der Waals surface area contributed by atoms with Crippen LogP contribution in [0.5, 0.6) is 0 Å². The van der Waals surface area contributed by atoms with Gasteiger partial charge in [-0.15, -0.1) is 24.8 Å². The Morgan fingerprint density at radius 3 is 2.17 bits per heavy atom. The quantitative estimate of drug-likeness (QED) is 0.380. The summed E-state index contributed by atoms with van der Waals surface area (Å²) in [6, 6.07) is 10.4. The van der Waals surface area contributed by atoms with E-state index in [9.17, 15) is 9.59 Å². The Morgan fingerprint density at radius 1 is 1.00 bits per heavy atom. The molecule has 2 saturated heterocycles. The van der Waals surface area contributed by atoms with E-state index in [1.165, 1.54) is 0 Å². The molecule has 3 unspecified atom stereocenters. The van der Waals surface area contributed by atoms with Gasteiger partial charge in [-0.1, -0.05) is 62.9 Å². The van der Waals surface area contributed by atoms with Crippen LogP contribution in [0.2, 0.25) is 0 Å². The van der Waals surface area contributed by atoms with E-state index >= 15 is 0 Å². The number of nitrogens with zero attached hydrogens (tertiary/aromatic N) is 2. The molecule has 8 heteroatoms. The summed E-state index contributed by atoms with van der Waals surface area (Å²) in [7, 11) is 2.11. The van der Waals surface area contributed by atoms with E-state index in [4.69, 9.17) is 9.47 Å². The van der Waals surface area contributed by atoms with Gasteiger partial charge in [0.2, 0.25) is 0 Å². The first-order chi connectivity index (χ1) is 16.2. The number of piperidine rings is 2. The normalized spacial score (nSPS) is 25.8. The van der Waals surface area contributed by atoms with Crippen molar-refractivity contribution < 1.29 is 19.1 Å². The zero-order chi connectivity index (χ0) is 24.8. The molecule has 0 aromatic heterocycles. The van der Waals surface area contributed by atoms with Gasteiger partial charge in [-0.05, 0) is 19.5 Å². The van der Waals surface area contributed by atoms with Crippen LogP contribution in [-0.2, 0) is 24.7 Å². The lowest BCUT2D eigenvalue weighted by Crippen LogP contribution is -2.55. The molecule has 0 N–H and O–H groups in total. The molecule has 0 bridgehead atoms. The van der Waals surface area contributed by atoms with Gasteiger partial charge < -0.3 is 14.4 Å². The van der Waals surface area contributed by atoms with Gasteiger partial charge in [-0.3, -0.25) is 14.5 Å². The first kappa shape index (κ1) is 32.2. The summed E-state index contributed by atoms with van der Waals surface area (Å²) in [6.07, 6.45) is 2.91. The Labute approximate surface area is 229 Å². The van der Waals surface area contributed by atoms with Gasteiger partial charge in [0.25, 0.3) is 0 Å². The molecule has 0 amide bonds. The summed E-state index contributed by atoms with van der Waals surface area (Å²) in [4.78, 5) is 29.1. The van der Waals surface area contributed by atoms with Crippen molar-refractivity contribution >= 4 is 36.8 Å². The molecule has 2 fully saturated rings. The summed E-state index contributed by atoms with van der Waals surface area (Å²) >= 11 is 0. The number of likely N-dealkylation sites (tertiary alicyclic amines) is 2. The minimum absolute atomic E-state index is 0. The summed E-state index contributed by atoms with van der Waals surface area (Å²) in [6.45, 7) is 11.0. The van der Waals surface area contributed by atoms with Gasteiger partial charge in [0, 0.05) is 63.7 Å². The monoisotopic (exact) mass is 540 g/mol. The molecule has 0 saturated carbocycles. The highest BCUT2D eigenvalue weighted by molar-refractivity contribution is 5.85. The third-order valence-corrected chi connectivity index (χ3v) is 7.46. The zero-order valence-electron chi connectivity index (χ0n) is 22.2. The predicted octanol–water partition coefficient (Wildman–Crippen LogP) is 4.83. The summed E-state index contributed by atoms with van der Waals surface area (Å²) in [5.41, 5.74) is -0.255. The average molecular weight is 542 g/mol. The lowest BCUT2D eigenvalue weighted by atomic mass is 9.79. The van der Waals surface area contributed by atoms with Gasteiger partial charge in [-0.2, -0.15) is 0 Å². The Morgan fingerprint density at radius 2 is 1.58 bits per heavy atom. The molecule has 6 nitrogen and oxygen atoms in total. The molecule has 3 atom stereocenters. The number of benzene rings is 1. The van der Waals surface area contributed by atoms with Crippen molar-refractivity contribution in [1.29, 1.82) is 0 Å². The fourth-order valence-electron chi connectivity index (χ4n) is 5.03. The van der Waals surface area contributed by atoms with Crippen LogP contribution in [0.4, 0.5) is 0 Å². The van der Waals surface area contributed by atoms with Gasteiger partial charge in [0.15, 0.2) is 5.60 Å². The molecule has 36 heavy (non-hydrogen) atoms. The molecule has 1 aromatic rings. The Bertz CT molecular complexity index is 909. The zero-order valence-corrected chi connectivity index (χ0v) is 23.9. The van der Waals surface area contributed by atoms with Crippen LogP contribution >= 0.6 is 24.8 Å². The van der Waals surface area contributed by atoms with E-state index in [0.29, 0.717) is 31.8 Å². The molecule has 2 heterocycles. The second-order valence-corrected chi connectivity index (χ2v) is 9.88. The third-order valence-electron chi connectivity index (χ3n) is 7.46. The van der Waals surface area contributed by atoms with Gasteiger partial charge >= 0.3 is 11.9 Å². The number of carbonyl (C=O) groups is 2. The van der Waals surface area contributed by atoms with Crippen molar-refractivity contribution in [2.45, 2.75) is 77.0 Å². The standard InChI is InChI=1S/C28H40N2O4.2ClH/c1-6-25(31)33-27(24-12-9-8-10-13-24)15-18-30(19-16-27)17-11-14-28(34-26(32)7-2)20-23(4)29(5)21-22(28)3;;/h8-10,12-13,22-23H,6-7,15-21H2,1-5H3;2*1H. The maximum atomic E-state index is 12.2. The SMILES string of the molecule is CCC(=O)OC1(c2ccccc2)CCN(CC#CC2(OC(=O)CC)CC(C)N(C)CC2C)CC1.Cl.Cl. The highest BCUT2D eigenvalue weighted by atomic mass is 35.5. The second kappa shape index (κ2) is 14.2. The number of ether oxygens (including phenoxy) is 2. The third kappa shape index (κ3) is 7.61. The summed E-state index contributed by atoms with van der Waals surface area (Å²) in [5, 5.41) is 0. The Balaban J connectivity index is 0.00000324. The van der Waals surface area contributed by atoms with Gasteiger partial charge in [-0.25, -0.2) is 0 Å². The van der Waals surface area contributed by atoms with E-state index in [1.54, 1.807) is 0 Å². The van der Waals surface area contributed by atoms with Crippen LogP contribution in [0, 0.1) is 17.8 Å². The molecule has 2 aliphatic heterocycles. The largest absolute Gasteiger partial charge is 0.454 e. The van der Waals surface area contributed by atoms with Crippen LogP contribution in [0.25, 0.3) is 0 Å². The lowest BCUT2D eigenvalue weighted by molar-refractivity contribution is -0.167. The van der Waals surface area contributed by atoms with Crippen molar-refractivity contribution in [2.24, 2.45) is 5.92 Å². The molecule has 0 spiro atoms. The van der Waals surface area contributed by atoms with Crippen LogP contribution in [0.1, 0.15) is 65.4 Å². The highest BCUT2D eigenvalue weighted by Gasteiger charge is 2.45. The minimum Gasteiger partial charge on any atom is -0.454 e. The molecule has 1 aromatic carbocycles.